The third-order valence-corrected chi connectivity index (χ3v) is 4.50. The van der Waals surface area contributed by atoms with Crippen molar-refractivity contribution in [3.8, 4) is 0 Å². The summed E-state index contributed by atoms with van der Waals surface area (Å²) in [5, 5.41) is 10.1. The maximum Gasteiger partial charge on any atom is 0.145 e. The molecule has 5 heteroatoms. The highest BCUT2D eigenvalue weighted by molar-refractivity contribution is 7.83. The van der Waals surface area contributed by atoms with Gasteiger partial charge in [-0.05, 0) is 16.3 Å². The van der Waals surface area contributed by atoms with Crippen molar-refractivity contribution in [3.05, 3.63) is 60.2 Å². The first-order valence-electron chi connectivity index (χ1n) is 6.38. The van der Waals surface area contributed by atoms with Gasteiger partial charge in [0.15, 0.2) is 0 Å². The standard InChI is InChI=1S/C15H15N3OS/c1-18-11-16-17-15(18)10-20(19)9-13-7-4-6-12-5-2-3-8-14(12)13/h2-8,11H,9-10H2,1H3/t20-/m0/s1. The summed E-state index contributed by atoms with van der Waals surface area (Å²) >= 11 is 0. The minimum atomic E-state index is -0.990. The van der Waals surface area contributed by atoms with Gasteiger partial charge in [0.25, 0.3) is 0 Å². The molecule has 2 aromatic carbocycles. The van der Waals surface area contributed by atoms with Crippen molar-refractivity contribution in [3.63, 3.8) is 0 Å². The minimum absolute atomic E-state index is 0.430. The van der Waals surface area contributed by atoms with Gasteiger partial charge >= 0.3 is 0 Å². The van der Waals surface area contributed by atoms with Gasteiger partial charge in [0, 0.05) is 23.6 Å². The van der Waals surface area contributed by atoms with E-state index in [0.29, 0.717) is 11.5 Å². The number of fused-ring (bicyclic) bond motifs is 1. The van der Waals surface area contributed by atoms with Crippen LogP contribution in [0.3, 0.4) is 0 Å². The highest BCUT2D eigenvalue weighted by atomic mass is 32.2. The Kier molecular flexibility index (Phi) is 3.60. The number of aromatic nitrogens is 3. The molecule has 0 bridgehead atoms. The van der Waals surface area contributed by atoms with E-state index in [1.54, 1.807) is 10.9 Å². The van der Waals surface area contributed by atoms with Crippen LogP contribution in [0.4, 0.5) is 0 Å². The Hall–Kier alpha value is -2.01. The van der Waals surface area contributed by atoms with Crippen molar-refractivity contribution >= 4 is 21.6 Å². The molecular formula is C15H15N3OS. The van der Waals surface area contributed by atoms with Gasteiger partial charge < -0.3 is 4.57 Å². The lowest BCUT2D eigenvalue weighted by Gasteiger charge is -2.06. The number of hydrogen-bond donors (Lipinski definition) is 0. The highest BCUT2D eigenvalue weighted by Gasteiger charge is 2.09. The molecule has 0 N–H and O–H groups in total. The summed E-state index contributed by atoms with van der Waals surface area (Å²) in [4.78, 5) is 0. The Balaban J connectivity index is 1.83. The van der Waals surface area contributed by atoms with E-state index in [4.69, 9.17) is 0 Å². The van der Waals surface area contributed by atoms with Crippen molar-refractivity contribution in [2.24, 2.45) is 7.05 Å². The largest absolute Gasteiger partial charge is 0.320 e. The zero-order valence-corrected chi connectivity index (χ0v) is 12.0. The monoisotopic (exact) mass is 285 g/mol. The number of aryl methyl sites for hydroxylation is 1. The third-order valence-electron chi connectivity index (χ3n) is 3.29. The summed E-state index contributed by atoms with van der Waals surface area (Å²) < 4.78 is 14.1. The molecule has 1 atom stereocenters. The Morgan fingerprint density at radius 3 is 2.70 bits per heavy atom. The Morgan fingerprint density at radius 2 is 1.90 bits per heavy atom. The van der Waals surface area contributed by atoms with Gasteiger partial charge in [-0.1, -0.05) is 42.5 Å². The fraction of sp³-hybridized carbons (Fsp3) is 0.200. The second kappa shape index (κ2) is 5.54. The molecule has 3 aromatic rings. The second-order valence-electron chi connectivity index (χ2n) is 4.72. The number of nitrogens with zero attached hydrogens (tertiary/aromatic N) is 3. The second-order valence-corrected chi connectivity index (χ2v) is 6.18. The van der Waals surface area contributed by atoms with Gasteiger partial charge in [0.05, 0.1) is 5.75 Å². The predicted molar refractivity (Wildman–Crippen MR) is 80.5 cm³/mol. The summed E-state index contributed by atoms with van der Waals surface area (Å²) in [5.41, 5.74) is 1.11. The molecule has 0 aliphatic carbocycles. The average molecular weight is 285 g/mol. The molecule has 1 aromatic heterocycles. The quantitative estimate of drug-likeness (QED) is 0.739. The van der Waals surface area contributed by atoms with Gasteiger partial charge in [-0.2, -0.15) is 0 Å². The molecule has 0 amide bonds. The van der Waals surface area contributed by atoms with Crippen LogP contribution in [-0.2, 0) is 29.4 Å². The highest BCUT2D eigenvalue weighted by Crippen LogP contribution is 2.20. The fourth-order valence-electron chi connectivity index (χ4n) is 2.22. The molecule has 102 valence electrons. The number of benzene rings is 2. The van der Waals surface area contributed by atoms with Crippen molar-refractivity contribution in [2.75, 3.05) is 0 Å². The first-order valence-corrected chi connectivity index (χ1v) is 7.87. The summed E-state index contributed by atoms with van der Waals surface area (Å²) in [6, 6.07) is 14.3. The molecule has 0 aliphatic rings. The molecule has 3 rings (SSSR count). The molecule has 0 radical (unpaired) electrons. The summed E-state index contributed by atoms with van der Waals surface area (Å²) in [6.45, 7) is 0. The molecule has 0 saturated carbocycles. The normalized spacial score (nSPS) is 12.7. The summed E-state index contributed by atoms with van der Waals surface area (Å²) in [6.07, 6.45) is 1.63. The van der Waals surface area contributed by atoms with Gasteiger partial charge in [0.2, 0.25) is 0 Å². The molecule has 0 aliphatic heterocycles. The van der Waals surface area contributed by atoms with Crippen LogP contribution in [0, 0.1) is 0 Å². The van der Waals surface area contributed by atoms with Crippen LogP contribution in [0.15, 0.2) is 48.8 Å². The molecule has 1 heterocycles. The van der Waals surface area contributed by atoms with E-state index in [9.17, 15) is 4.21 Å². The van der Waals surface area contributed by atoms with Crippen molar-refractivity contribution in [1.82, 2.24) is 14.8 Å². The summed E-state index contributed by atoms with van der Waals surface area (Å²) in [7, 11) is 0.876. The van der Waals surface area contributed by atoms with Crippen LogP contribution in [0.2, 0.25) is 0 Å². The predicted octanol–water partition coefficient (Wildman–Crippen LogP) is 2.42. The van der Waals surface area contributed by atoms with E-state index in [-0.39, 0.29) is 0 Å². The van der Waals surface area contributed by atoms with Crippen molar-refractivity contribution in [2.45, 2.75) is 11.5 Å². The van der Waals surface area contributed by atoms with Crippen LogP contribution in [-0.4, -0.2) is 19.0 Å². The van der Waals surface area contributed by atoms with Gasteiger partial charge in [-0.25, -0.2) is 0 Å². The van der Waals surface area contributed by atoms with Crippen LogP contribution in [0.1, 0.15) is 11.4 Å². The summed E-state index contributed by atoms with van der Waals surface area (Å²) in [5.74, 6) is 1.72. The average Bonchev–Trinajstić information content (AvgIpc) is 2.85. The van der Waals surface area contributed by atoms with E-state index in [1.165, 1.54) is 10.8 Å². The lowest BCUT2D eigenvalue weighted by atomic mass is 10.1. The first-order chi connectivity index (χ1) is 9.74. The Bertz CT molecular complexity index is 761. The molecular weight excluding hydrogens is 270 g/mol. The Labute approximate surface area is 119 Å². The Morgan fingerprint density at radius 1 is 1.10 bits per heavy atom. The minimum Gasteiger partial charge on any atom is -0.320 e. The maximum atomic E-state index is 12.3. The zero-order chi connectivity index (χ0) is 13.9. The maximum absolute atomic E-state index is 12.3. The van der Waals surface area contributed by atoms with E-state index < -0.39 is 10.8 Å². The van der Waals surface area contributed by atoms with Crippen LogP contribution in [0.25, 0.3) is 10.8 Å². The smallest absolute Gasteiger partial charge is 0.145 e. The van der Waals surface area contributed by atoms with Crippen molar-refractivity contribution in [1.29, 1.82) is 0 Å². The lowest BCUT2D eigenvalue weighted by Crippen LogP contribution is -2.05. The fourth-order valence-corrected chi connectivity index (χ4v) is 3.47. The molecule has 4 nitrogen and oxygen atoms in total. The molecule has 0 saturated heterocycles. The molecule has 0 fully saturated rings. The molecule has 0 unspecified atom stereocenters. The molecule has 20 heavy (non-hydrogen) atoms. The van der Waals surface area contributed by atoms with Crippen LogP contribution >= 0.6 is 0 Å². The SMILES string of the molecule is Cn1cnnc1C[S@@](=O)Cc1cccc2ccccc12. The zero-order valence-electron chi connectivity index (χ0n) is 11.2. The topological polar surface area (TPSA) is 47.8 Å². The number of hydrogen-bond acceptors (Lipinski definition) is 3. The van der Waals surface area contributed by atoms with E-state index in [2.05, 4.69) is 28.4 Å². The van der Waals surface area contributed by atoms with Gasteiger partial charge in [-0.3, -0.25) is 4.21 Å². The van der Waals surface area contributed by atoms with Gasteiger partial charge in [-0.15, -0.1) is 10.2 Å². The van der Waals surface area contributed by atoms with Crippen LogP contribution in [0.5, 0.6) is 0 Å². The number of rotatable bonds is 4. The lowest BCUT2D eigenvalue weighted by molar-refractivity contribution is 0.679. The van der Waals surface area contributed by atoms with Gasteiger partial charge in [0.1, 0.15) is 12.2 Å². The third kappa shape index (κ3) is 2.63. The molecule has 0 spiro atoms. The van der Waals surface area contributed by atoms with E-state index in [0.717, 1.165) is 11.4 Å². The first kappa shape index (κ1) is 13.0. The van der Waals surface area contributed by atoms with Crippen molar-refractivity contribution < 1.29 is 4.21 Å². The van der Waals surface area contributed by atoms with E-state index >= 15 is 0 Å². The van der Waals surface area contributed by atoms with E-state index in [1.807, 2.05) is 31.3 Å². The van der Waals surface area contributed by atoms with Crippen LogP contribution < -0.4 is 0 Å².